The van der Waals surface area contributed by atoms with Gasteiger partial charge in [-0.1, -0.05) is 30.3 Å². The lowest BCUT2D eigenvalue weighted by molar-refractivity contribution is -0.384. The van der Waals surface area contributed by atoms with Crippen molar-refractivity contribution in [2.45, 2.75) is 6.92 Å². The largest absolute Gasteiger partial charge is 0.277 e. The lowest BCUT2D eigenvalue weighted by Gasteiger charge is -2.14. The zero-order valence-electron chi connectivity index (χ0n) is 14.7. The minimum Gasteiger partial charge on any atom is -0.258 e. The molecular weight excluding hydrogens is 358 g/mol. The highest BCUT2D eigenvalue weighted by Gasteiger charge is 2.22. The summed E-state index contributed by atoms with van der Waals surface area (Å²) in [6.45, 7) is 1.87. The molecule has 0 saturated heterocycles. The fourth-order valence-electron chi connectivity index (χ4n) is 3.02. The number of nitro benzene ring substituents is 1. The second-order valence-corrected chi connectivity index (χ2v) is 5.91. The molecule has 7 heteroatoms. The van der Waals surface area contributed by atoms with Gasteiger partial charge in [-0.25, -0.2) is 9.59 Å². The predicted octanol–water partition coefficient (Wildman–Crippen LogP) is 5.17. The van der Waals surface area contributed by atoms with Gasteiger partial charge in [-0.15, -0.1) is 0 Å². The van der Waals surface area contributed by atoms with Gasteiger partial charge in [0.25, 0.3) is 5.69 Å². The summed E-state index contributed by atoms with van der Waals surface area (Å²) >= 11 is 0. The quantitative estimate of drug-likeness (QED) is 0.267. The first kappa shape index (κ1) is 18.6. The third-order valence-corrected chi connectivity index (χ3v) is 4.25. The number of isocyanates is 2. The zero-order valence-corrected chi connectivity index (χ0v) is 14.7. The van der Waals surface area contributed by atoms with Gasteiger partial charge in [0.15, 0.2) is 0 Å². The van der Waals surface area contributed by atoms with Crippen LogP contribution in [0.3, 0.4) is 0 Å². The summed E-state index contributed by atoms with van der Waals surface area (Å²) in [6, 6.07) is 16.5. The predicted molar refractivity (Wildman–Crippen MR) is 104 cm³/mol. The van der Waals surface area contributed by atoms with Crippen molar-refractivity contribution in [2.75, 3.05) is 0 Å². The Balaban J connectivity index is 2.27. The van der Waals surface area contributed by atoms with E-state index in [0.29, 0.717) is 28.1 Å². The van der Waals surface area contributed by atoms with Crippen molar-refractivity contribution in [1.29, 1.82) is 0 Å². The van der Waals surface area contributed by atoms with E-state index < -0.39 is 4.92 Å². The maximum atomic E-state index is 11.7. The van der Waals surface area contributed by atoms with Crippen LogP contribution in [0.5, 0.6) is 0 Å². The second-order valence-electron chi connectivity index (χ2n) is 5.91. The van der Waals surface area contributed by atoms with Crippen molar-refractivity contribution in [3.63, 3.8) is 0 Å². The van der Waals surface area contributed by atoms with Crippen molar-refractivity contribution >= 4 is 29.2 Å². The Hall–Kier alpha value is -4.18. The van der Waals surface area contributed by atoms with E-state index in [1.54, 1.807) is 54.6 Å². The van der Waals surface area contributed by atoms with Gasteiger partial charge in [0.1, 0.15) is 0 Å². The van der Waals surface area contributed by atoms with Crippen LogP contribution in [-0.4, -0.2) is 17.1 Å². The summed E-state index contributed by atoms with van der Waals surface area (Å²) < 4.78 is 0. The molecule has 0 bridgehead atoms. The molecule has 0 amide bonds. The number of nitro groups is 1. The van der Waals surface area contributed by atoms with Crippen molar-refractivity contribution in [3.05, 3.63) is 76.3 Å². The molecule has 0 aliphatic carbocycles. The Kier molecular flexibility index (Phi) is 5.33. The highest BCUT2D eigenvalue weighted by Crippen LogP contribution is 2.41. The molecule has 28 heavy (non-hydrogen) atoms. The lowest BCUT2D eigenvalue weighted by atomic mass is 9.89. The smallest absolute Gasteiger partial charge is 0.258 e. The van der Waals surface area contributed by atoms with E-state index in [1.165, 1.54) is 18.2 Å². The fraction of sp³-hybridized carbons (Fsp3) is 0.0476. The highest BCUT2D eigenvalue weighted by molar-refractivity contribution is 5.91. The van der Waals surface area contributed by atoms with Crippen LogP contribution in [0.1, 0.15) is 5.56 Å². The summed E-state index contributed by atoms with van der Waals surface area (Å²) in [5.74, 6) is 0. The van der Waals surface area contributed by atoms with Gasteiger partial charge < -0.3 is 0 Å². The molecule has 136 valence electrons. The zero-order chi connectivity index (χ0) is 20.1. The van der Waals surface area contributed by atoms with Gasteiger partial charge in [-0.05, 0) is 53.4 Å². The number of hydrogen-bond acceptors (Lipinski definition) is 6. The molecule has 0 aromatic heterocycles. The number of hydrogen-bond donors (Lipinski definition) is 0. The lowest BCUT2D eigenvalue weighted by Crippen LogP contribution is -1.97. The number of carbonyl (C=O) groups excluding carboxylic acids is 2. The van der Waals surface area contributed by atoms with E-state index >= 15 is 0 Å². The molecule has 0 fully saturated rings. The molecule has 0 spiro atoms. The summed E-state index contributed by atoms with van der Waals surface area (Å²) in [6.07, 6.45) is 2.95. The Morgan fingerprint density at radius 1 is 0.750 bits per heavy atom. The Bertz CT molecular complexity index is 1140. The monoisotopic (exact) mass is 371 g/mol. The van der Waals surface area contributed by atoms with Crippen LogP contribution in [0, 0.1) is 17.0 Å². The normalized spacial score (nSPS) is 9.89. The number of aliphatic imine (C=N–C) groups is 2. The molecule has 0 aliphatic rings. The molecule has 0 aliphatic heterocycles. The fourth-order valence-corrected chi connectivity index (χ4v) is 3.02. The highest BCUT2D eigenvalue weighted by atomic mass is 16.6. The molecule has 0 unspecified atom stereocenters. The molecular formula is C21H13N3O4. The summed E-state index contributed by atoms with van der Waals surface area (Å²) in [5.41, 5.74) is 4.18. The van der Waals surface area contributed by atoms with Gasteiger partial charge in [0.2, 0.25) is 12.2 Å². The van der Waals surface area contributed by atoms with E-state index in [9.17, 15) is 19.7 Å². The molecule has 0 radical (unpaired) electrons. The molecule has 7 nitrogen and oxygen atoms in total. The average Bonchev–Trinajstić information content (AvgIpc) is 2.69. The summed E-state index contributed by atoms with van der Waals surface area (Å²) in [5, 5.41) is 11.7. The second kappa shape index (κ2) is 8.01. The van der Waals surface area contributed by atoms with Crippen molar-refractivity contribution in [2.24, 2.45) is 9.98 Å². The van der Waals surface area contributed by atoms with Crippen molar-refractivity contribution in [3.8, 4) is 22.3 Å². The van der Waals surface area contributed by atoms with E-state index in [-0.39, 0.29) is 5.69 Å². The standard InChI is InChI=1S/C21H13N3O4/c1-14-2-11-19(24(27)28)21(16-5-9-18(10-6-16)23-13-26)20(14)15-3-7-17(8-4-15)22-12-25/h2-11H,1H3. The number of aryl methyl sites for hydroxylation is 1. The maximum Gasteiger partial charge on any atom is 0.277 e. The molecule has 3 rings (SSSR count). The van der Waals surface area contributed by atoms with Crippen LogP contribution in [-0.2, 0) is 9.59 Å². The van der Waals surface area contributed by atoms with Gasteiger partial charge in [0, 0.05) is 6.07 Å². The number of benzene rings is 3. The van der Waals surface area contributed by atoms with Crippen molar-refractivity contribution < 1.29 is 14.5 Å². The van der Waals surface area contributed by atoms with Gasteiger partial charge in [-0.2, -0.15) is 9.98 Å². The minimum absolute atomic E-state index is 0.0396. The Morgan fingerprint density at radius 2 is 1.21 bits per heavy atom. The van der Waals surface area contributed by atoms with E-state index in [1.807, 2.05) is 6.92 Å². The average molecular weight is 371 g/mol. The van der Waals surface area contributed by atoms with E-state index in [0.717, 1.165) is 11.1 Å². The van der Waals surface area contributed by atoms with Crippen LogP contribution in [0.4, 0.5) is 17.1 Å². The van der Waals surface area contributed by atoms with E-state index in [2.05, 4.69) is 9.98 Å². The van der Waals surface area contributed by atoms with Gasteiger partial charge >= 0.3 is 0 Å². The molecule has 3 aromatic carbocycles. The maximum absolute atomic E-state index is 11.7. The summed E-state index contributed by atoms with van der Waals surface area (Å²) in [7, 11) is 0. The molecule has 0 saturated carbocycles. The molecule has 0 N–H and O–H groups in total. The van der Waals surface area contributed by atoms with Crippen LogP contribution in [0.15, 0.2) is 70.6 Å². The first-order valence-corrected chi connectivity index (χ1v) is 8.19. The van der Waals surface area contributed by atoms with Crippen LogP contribution in [0.25, 0.3) is 22.3 Å². The third kappa shape index (κ3) is 3.66. The van der Waals surface area contributed by atoms with Gasteiger partial charge in [0.05, 0.1) is 21.9 Å². The Morgan fingerprint density at radius 3 is 1.64 bits per heavy atom. The minimum atomic E-state index is -0.430. The molecule has 3 aromatic rings. The molecule has 0 heterocycles. The van der Waals surface area contributed by atoms with E-state index in [4.69, 9.17) is 0 Å². The number of nitrogens with zero attached hydrogens (tertiary/aromatic N) is 3. The molecule has 0 atom stereocenters. The third-order valence-electron chi connectivity index (χ3n) is 4.25. The number of rotatable bonds is 5. The van der Waals surface area contributed by atoms with Crippen LogP contribution in [0.2, 0.25) is 0 Å². The topological polar surface area (TPSA) is 102 Å². The summed E-state index contributed by atoms with van der Waals surface area (Å²) in [4.78, 5) is 39.2. The Labute approximate surface area is 159 Å². The van der Waals surface area contributed by atoms with Crippen LogP contribution < -0.4 is 0 Å². The SMILES string of the molecule is Cc1ccc([N+](=O)[O-])c(-c2ccc(N=C=O)cc2)c1-c1ccc(N=C=O)cc1. The van der Waals surface area contributed by atoms with Crippen LogP contribution >= 0.6 is 0 Å². The first-order chi connectivity index (χ1) is 13.5. The first-order valence-electron chi connectivity index (χ1n) is 8.19. The van der Waals surface area contributed by atoms with Crippen molar-refractivity contribution in [1.82, 2.24) is 0 Å². The van der Waals surface area contributed by atoms with Gasteiger partial charge in [-0.3, -0.25) is 10.1 Å².